The fraction of sp³-hybridized carbons (Fsp3) is 0.143. The Balaban J connectivity index is 2.95. The highest BCUT2D eigenvalue weighted by molar-refractivity contribution is 7.09. The first-order valence-electron chi connectivity index (χ1n) is 2.83. The molecule has 0 saturated heterocycles. The van der Waals surface area contributed by atoms with Gasteiger partial charge in [0.15, 0.2) is 0 Å². The van der Waals surface area contributed by atoms with E-state index < -0.39 is 0 Å². The lowest BCUT2D eigenvalue weighted by molar-refractivity contribution is 0.104. The molecular weight excluding hydrogens is 146 g/mol. The van der Waals surface area contributed by atoms with Crippen LogP contribution in [0.2, 0.25) is 0 Å². The molecule has 0 atom stereocenters. The Kier molecular flexibility index (Phi) is 1.97. The van der Waals surface area contributed by atoms with E-state index in [0.717, 1.165) is 5.01 Å². The molecule has 10 heavy (non-hydrogen) atoms. The van der Waals surface area contributed by atoms with Gasteiger partial charge in [0.1, 0.15) is 5.69 Å². The maximum Gasteiger partial charge on any atom is 0.204 e. The number of nitrogens with zero attached hydrogens (tertiary/aromatic N) is 1. The molecule has 2 nitrogen and oxygen atoms in total. The molecule has 0 N–H and O–H groups in total. The number of ketones is 1. The summed E-state index contributed by atoms with van der Waals surface area (Å²) >= 11 is 1.47. The van der Waals surface area contributed by atoms with Crippen LogP contribution in [0.25, 0.3) is 0 Å². The van der Waals surface area contributed by atoms with Gasteiger partial charge in [-0.2, -0.15) is 0 Å². The number of aryl methyl sites for hydroxylation is 1. The van der Waals surface area contributed by atoms with Gasteiger partial charge >= 0.3 is 0 Å². The van der Waals surface area contributed by atoms with Crippen LogP contribution < -0.4 is 0 Å². The molecule has 1 aromatic heterocycles. The largest absolute Gasteiger partial charge is 0.288 e. The second-order valence-electron chi connectivity index (χ2n) is 1.82. The number of carbonyl (C=O) groups is 1. The lowest BCUT2D eigenvalue weighted by atomic mass is 10.3. The highest BCUT2D eigenvalue weighted by Gasteiger charge is 2.03. The van der Waals surface area contributed by atoms with Gasteiger partial charge in [-0.1, -0.05) is 6.58 Å². The number of carbonyl (C=O) groups excluding carboxylic acids is 1. The molecule has 0 saturated carbocycles. The van der Waals surface area contributed by atoms with E-state index in [4.69, 9.17) is 0 Å². The number of rotatable bonds is 2. The Morgan fingerprint density at radius 2 is 2.60 bits per heavy atom. The zero-order valence-electron chi connectivity index (χ0n) is 5.63. The van der Waals surface area contributed by atoms with Crippen molar-refractivity contribution >= 4 is 17.1 Å². The molecule has 1 heterocycles. The summed E-state index contributed by atoms with van der Waals surface area (Å²) in [4.78, 5) is 14.8. The minimum absolute atomic E-state index is 0.107. The molecule has 0 spiro atoms. The zero-order chi connectivity index (χ0) is 7.56. The number of allylic oxidation sites excluding steroid dienone is 1. The van der Waals surface area contributed by atoms with Crippen LogP contribution in [0.15, 0.2) is 18.0 Å². The summed E-state index contributed by atoms with van der Waals surface area (Å²) in [5.74, 6) is -0.107. The third-order valence-corrected chi connectivity index (χ3v) is 1.83. The van der Waals surface area contributed by atoms with Gasteiger partial charge in [0, 0.05) is 5.38 Å². The smallest absolute Gasteiger partial charge is 0.204 e. The Labute approximate surface area is 63.2 Å². The number of aromatic nitrogens is 1. The normalized spacial score (nSPS) is 9.30. The van der Waals surface area contributed by atoms with Crippen LogP contribution in [0, 0.1) is 6.92 Å². The molecule has 0 fully saturated rings. The first kappa shape index (κ1) is 7.15. The average molecular weight is 153 g/mol. The second-order valence-corrected chi connectivity index (χ2v) is 2.88. The molecule has 0 aliphatic carbocycles. The van der Waals surface area contributed by atoms with Crippen LogP contribution in [0.3, 0.4) is 0 Å². The van der Waals surface area contributed by atoms with Crippen LogP contribution in [0.5, 0.6) is 0 Å². The molecular formula is C7H7NOS. The Morgan fingerprint density at radius 1 is 1.90 bits per heavy atom. The van der Waals surface area contributed by atoms with Crippen LogP contribution in [0.4, 0.5) is 0 Å². The highest BCUT2D eigenvalue weighted by atomic mass is 32.1. The molecule has 0 aliphatic heterocycles. The predicted octanol–water partition coefficient (Wildman–Crippen LogP) is 1.82. The van der Waals surface area contributed by atoms with E-state index in [1.165, 1.54) is 17.4 Å². The van der Waals surface area contributed by atoms with E-state index in [2.05, 4.69) is 11.6 Å². The van der Waals surface area contributed by atoms with Crippen molar-refractivity contribution in [1.29, 1.82) is 0 Å². The summed E-state index contributed by atoms with van der Waals surface area (Å²) in [6.45, 7) is 5.23. The van der Waals surface area contributed by atoms with Gasteiger partial charge in [-0.15, -0.1) is 11.3 Å². The van der Waals surface area contributed by atoms with Crippen molar-refractivity contribution in [2.45, 2.75) is 6.92 Å². The number of hydrogen-bond acceptors (Lipinski definition) is 3. The Bertz CT molecular complexity index is 264. The summed E-state index contributed by atoms with van der Waals surface area (Å²) in [6.07, 6.45) is 1.27. The second kappa shape index (κ2) is 2.75. The minimum atomic E-state index is -0.107. The molecule has 0 aromatic carbocycles. The standard InChI is InChI=1S/C7H7NOS/c1-3-7(9)6-4-10-5(2)8-6/h3-4H,1H2,2H3. The third-order valence-electron chi connectivity index (χ3n) is 1.06. The van der Waals surface area contributed by atoms with Crippen molar-refractivity contribution in [2.24, 2.45) is 0 Å². The zero-order valence-corrected chi connectivity index (χ0v) is 6.44. The molecule has 1 rings (SSSR count). The molecule has 1 aromatic rings. The highest BCUT2D eigenvalue weighted by Crippen LogP contribution is 2.08. The lowest BCUT2D eigenvalue weighted by Gasteiger charge is -1.82. The van der Waals surface area contributed by atoms with E-state index in [0.29, 0.717) is 5.69 Å². The predicted molar refractivity (Wildman–Crippen MR) is 41.4 cm³/mol. The van der Waals surface area contributed by atoms with Gasteiger partial charge in [0.25, 0.3) is 0 Å². The quantitative estimate of drug-likeness (QED) is 0.479. The van der Waals surface area contributed by atoms with Crippen LogP contribution in [-0.2, 0) is 0 Å². The van der Waals surface area contributed by atoms with Crippen molar-refractivity contribution in [3.63, 3.8) is 0 Å². The summed E-state index contributed by atoms with van der Waals surface area (Å²) in [5, 5.41) is 2.64. The van der Waals surface area contributed by atoms with E-state index in [-0.39, 0.29) is 5.78 Å². The monoisotopic (exact) mass is 153 g/mol. The molecule has 0 aliphatic rings. The van der Waals surface area contributed by atoms with Crippen molar-refractivity contribution in [3.05, 3.63) is 28.7 Å². The van der Waals surface area contributed by atoms with Crippen molar-refractivity contribution in [1.82, 2.24) is 4.98 Å². The maximum absolute atomic E-state index is 10.9. The fourth-order valence-corrected chi connectivity index (χ4v) is 1.18. The van der Waals surface area contributed by atoms with Crippen molar-refractivity contribution in [2.75, 3.05) is 0 Å². The lowest BCUT2D eigenvalue weighted by Crippen LogP contribution is -1.92. The van der Waals surface area contributed by atoms with E-state index in [1.807, 2.05) is 6.92 Å². The van der Waals surface area contributed by atoms with Crippen molar-refractivity contribution < 1.29 is 4.79 Å². The number of hydrogen-bond donors (Lipinski definition) is 0. The van der Waals surface area contributed by atoms with Crippen LogP contribution >= 0.6 is 11.3 Å². The summed E-state index contributed by atoms with van der Waals surface area (Å²) in [5.41, 5.74) is 0.498. The first-order valence-corrected chi connectivity index (χ1v) is 3.71. The van der Waals surface area contributed by atoms with Gasteiger partial charge in [0.2, 0.25) is 5.78 Å². The SMILES string of the molecule is C=CC(=O)c1csc(C)n1. The van der Waals surface area contributed by atoms with Gasteiger partial charge in [-0.05, 0) is 13.0 Å². The van der Waals surface area contributed by atoms with E-state index >= 15 is 0 Å². The molecule has 0 amide bonds. The van der Waals surface area contributed by atoms with Gasteiger partial charge in [-0.3, -0.25) is 4.79 Å². The Morgan fingerprint density at radius 3 is 3.00 bits per heavy atom. The summed E-state index contributed by atoms with van der Waals surface area (Å²) in [6, 6.07) is 0. The topological polar surface area (TPSA) is 30.0 Å². The van der Waals surface area contributed by atoms with Crippen molar-refractivity contribution in [3.8, 4) is 0 Å². The fourth-order valence-electron chi connectivity index (χ4n) is 0.581. The first-order chi connectivity index (χ1) is 4.74. The third kappa shape index (κ3) is 1.30. The molecule has 3 heteroatoms. The number of thiazole rings is 1. The van der Waals surface area contributed by atoms with Gasteiger partial charge in [0.05, 0.1) is 5.01 Å². The van der Waals surface area contributed by atoms with E-state index in [9.17, 15) is 4.79 Å². The molecule has 52 valence electrons. The maximum atomic E-state index is 10.9. The van der Waals surface area contributed by atoms with E-state index in [1.54, 1.807) is 5.38 Å². The molecule has 0 unspecified atom stereocenters. The summed E-state index contributed by atoms with van der Waals surface area (Å²) < 4.78 is 0. The molecule has 0 bridgehead atoms. The van der Waals surface area contributed by atoms with Gasteiger partial charge < -0.3 is 0 Å². The molecule has 0 radical (unpaired) electrons. The van der Waals surface area contributed by atoms with Gasteiger partial charge in [-0.25, -0.2) is 4.98 Å². The minimum Gasteiger partial charge on any atom is -0.288 e. The van der Waals surface area contributed by atoms with Crippen LogP contribution in [-0.4, -0.2) is 10.8 Å². The Hall–Kier alpha value is -0.960. The summed E-state index contributed by atoms with van der Waals surface area (Å²) in [7, 11) is 0. The average Bonchev–Trinajstić information content (AvgIpc) is 2.34. The van der Waals surface area contributed by atoms with Crippen LogP contribution in [0.1, 0.15) is 15.5 Å².